The van der Waals surface area contributed by atoms with Gasteiger partial charge < -0.3 is 9.47 Å². The Balaban J connectivity index is 1.92. The molecule has 0 N–H and O–H groups in total. The summed E-state index contributed by atoms with van der Waals surface area (Å²) >= 11 is 0. The molecule has 0 heterocycles. The van der Waals surface area contributed by atoms with Crippen LogP contribution in [0.2, 0.25) is 0 Å². The number of carbonyl (C=O) groups excluding carboxylic acids is 2. The van der Waals surface area contributed by atoms with Crippen LogP contribution in [0, 0.1) is 11.8 Å². The lowest BCUT2D eigenvalue weighted by molar-refractivity contribution is 0.0483. The highest BCUT2D eigenvalue weighted by molar-refractivity contribution is 5.93. The number of hydrogen-bond acceptors (Lipinski definition) is 4. The number of benzene rings is 1. The lowest BCUT2D eigenvalue weighted by atomic mass is 10.0. The minimum atomic E-state index is -0.317. The highest BCUT2D eigenvalue weighted by atomic mass is 16.5. The zero-order chi connectivity index (χ0) is 34.9. The average Bonchev–Trinajstić information content (AvgIpc) is 3.07. The predicted molar refractivity (Wildman–Crippen MR) is 206 cm³/mol. The average molecular weight is 671 g/mol. The summed E-state index contributed by atoms with van der Waals surface area (Å²) in [6.07, 6.45) is 36.7. The molecule has 1 aromatic carbocycles. The van der Waals surface area contributed by atoms with Crippen LogP contribution < -0.4 is 0 Å². The van der Waals surface area contributed by atoms with Gasteiger partial charge in [-0.05, 0) is 48.9 Å². The van der Waals surface area contributed by atoms with Crippen LogP contribution in [0.1, 0.15) is 228 Å². The monoisotopic (exact) mass is 671 g/mol. The van der Waals surface area contributed by atoms with Gasteiger partial charge in [0.15, 0.2) is 0 Å². The first-order valence-electron chi connectivity index (χ1n) is 20.8. The lowest BCUT2D eigenvalue weighted by Crippen LogP contribution is -2.09. The van der Waals surface area contributed by atoms with Gasteiger partial charge in [0.1, 0.15) is 0 Å². The molecule has 0 bridgehead atoms. The fourth-order valence-corrected chi connectivity index (χ4v) is 6.44. The molecule has 1 rings (SSSR count). The summed E-state index contributed by atoms with van der Waals surface area (Å²) in [4.78, 5) is 24.8. The van der Waals surface area contributed by atoms with Crippen molar-refractivity contribution in [1.29, 1.82) is 0 Å². The maximum Gasteiger partial charge on any atom is 0.338 e. The normalized spacial score (nSPS) is 11.5. The second-order valence-electron chi connectivity index (χ2n) is 15.4. The third-order valence-electron chi connectivity index (χ3n) is 9.67. The minimum absolute atomic E-state index is 0.317. The van der Waals surface area contributed by atoms with Crippen molar-refractivity contribution in [3.05, 3.63) is 35.4 Å². The summed E-state index contributed by atoms with van der Waals surface area (Å²) in [5, 5.41) is 0. The third kappa shape index (κ3) is 28.0. The van der Waals surface area contributed by atoms with Crippen molar-refractivity contribution < 1.29 is 19.1 Å². The molecular weight excluding hydrogens is 592 g/mol. The van der Waals surface area contributed by atoms with Gasteiger partial charge >= 0.3 is 11.9 Å². The van der Waals surface area contributed by atoms with Crippen LogP contribution in [-0.4, -0.2) is 25.2 Å². The van der Waals surface area contributed by atoms with Crippen LogP contribution in [0.4, 0.5) is 0 Å². The molecule has 0 atom stereocenters. The molecule has 0 aliphatic carbocycles. The van der Waals surface area contributed by atoms with Gasteiger partial charge in [-0.25, -0.2) is 9.59 Å². The fraction of sp³-hybridized carbons (Fsp3) is 0.818. The smallest absolute Gasteiger partial charge is 0.338 e. The van der Waals surface area contributed by atoms with E-state index in [1.807, 2.05) is 0 Å². The molecule has 0 amide bonds. The molecule has 0 radical (unpaired) electrons. The molecule has 0 spiro atoms. The summed E-state index contributed by atoms with van der Waals surface area (Å²) in [6, 6.07) is 6.67. The first-order valence-corrected chi connectivity index (χ1v) is 20.8. The molecular formula is C44H78O4. The molecule has 0 saturated heterocycles. The Labute approximate surface area is 298 Å². The van der Waals surface area contributed by atoms with E-state index in [-0.39, 0.29) is 11.9 Å². The van der Waals surface area contributed by atoms with Crippen LogP contribution in [0.5, 0.6) is 0 Å². The van der Waals surface area contributed by atoms with E-state index in [1.165, 1.54) is 154 Å². The van der Waals surface area contributed by atoms with Crippen molar-refractivity contribution in [2.75, 3.05) is 13.2 Å². The predicted octanol–water partition coefficient (Wildman–Crippen LogP) is 14.2. The third-order valence-corrected chi connectivity index (χ3v) is 9.67. The van der Waals surface area contributed by atoms with Gasteiger partial charge in [0.25, 0.3) is 0 Å². The molecule has 0 aromatic heterocycles. The summed E-state index contributed by atoms with van der Waals surface area (Å²) in [5.41, 5.74) is 0.971. The minimum Gasteiger partial charge on any atom is -0.462 e. The van der Waals surface area contributed by atoms with Crippen molar-refractivity contribution >= 4 is 11.9 Å². The summed E-state index contributed by atoms with van der Waals surface area (Å²) in [7, 11) is 0. The second-order valence-corrected chi connectivity index (χ2v) is 15.4. The summed E-state index contributed by atoms with van der Waals surface area (Å²) in [6.45, 7) is 10.2. The molecule has 4 heteroatoms. The number of unbranched alkanes of at least 4 members (excludes halogenated alkanes) is 24. The van der Waals surface area contributed by atoms with Gasteiger partial charge in [0.05, 0.1) is 24.3 Å². The number of hydrogen-bond donors (Lipinski definition) is 0. The first kappa shape index (κ1) is 44.2. The van der Waals surface area contributed by atoms with E-state index >= 15 is 0 Å². The van der Waals surface area contributed by atoms with Crippen molar-refractivity contribution in [2.24, 2.45) is 11.8 Å². The summed E-state index contributed by atoms with van der Waals surface area (Å²) in [5.74, 6) is 1.07. The van der Waals surface area contributed by atoms with Crippen LogP contribution >= 0.6 is 0 Å². The van der Waals surface area contributed by atoms with E-state index in [0.717, 1.165) is 37.5 Å². The zero-order valence-electron chi connectivity index (χ0n) is 32.3. The van der Waals surface area contributed by atoms with E-state index < -0.39 is 0 Å². The Kier molecular flexibility index (Phi) is 29.8. The Morgan fingerprint density at radius 3 is 0.812 bits per heavy atom. The molecule has 278 valence electrons. The lowest BCUT2D eigenvalue weighted by Gasteiger charge is -2.07. The molecule has 48 heavy (non-hydrogen) atoms. The van der Waals surface area contributed by atoms with Crippen molar-refractivity contribution in [1.82, 2.24) is 0 Å². The first-order chi connectivity index (χ1) is 23.4. The van der Waals surface area contributed by atoms with Crippen molar-refractivity contribution in [2.45, 2.75) is 207 Å². The topological polar surface area (TPSA) is 52.6 Å². The number of carbonyl (C=O) groups is 2. The van der Waals surface area contributed by atoms with Crippen molar-refractivity contribution in [3.63, 3.8) is 0 Å². The molecule has 1 aromatic rings. The van der Waals surface area contributed by atoms with Crippen LogP contribution in [0.15, 0.2) is 24.3 Å². The van der Waals surface area contributed by atoms with E-state index in [0.29, 0.717) is 24.3 Å². The molecule has 0 aliphatic rings. The highest BCUT2D eigenvalue weighted by Crippen LogP contribution is 2.16. The highest BCUT2D eigenvalue weighted by Gasteiger charge is 2.11. The van der Waals surface area contributed by atoms with Gasteiger partial charge in [-0.2, -0.15) is 0 Å². The van der Waals surface area contributed by atoms with E-state index in [4.69, 9.17) is 9.47 Å². The fourth-order valence-electron chi connectivity index (χ4n) is 6.44. The van der Waals surface area contributed by atoms with Crippen LogP contribution in [0.3, 0.4) is 0 Å². The van der Waals surface area contributed by atoms with E-state index in [9.17, 15) is 9.59 Å². The van der Waals surface area contributed by atoms with Crippen molar-refractivity contribution in [3.8, 4) is 0 Å². The quantitative estimate of drug-likeness (QED) is 0.0541. The SMILES string of the molecule is CC(C)CCCCCCCCCCCCCCCOC(=O)c1ccc(C(=O)OCCCCCCCCCCCCCCCC(C)C)cc1. The molecule has 4 nitrogen and oxygen atoms in total. The molecule has 0 saturated carbocycles. The maximum atomic E-state index is 12.4. The summed E-state index contributed by atoms with van der Waals surface area (Å²) < 4.78 is 10.9. The van der Waals surface area contributed by atoms with Gasteiger partial charge in [-0.15, -0.1) is 0 Å². The van der Waals surface area contributed by atoms with Crippen LogP contribution in [0.25, 0.3) is 0 Å². The number of rotatable bonds is 34. The van der Waals surface area contributed by atoms with E-state index in [2.05, 4.69) is 27.7 Å². The zero-order valence-corrected chi connectivity index (χ0v) is 32.3. The molecule has 0 fully saturated rings. The Hall–Kier alpha value is -1.84. The molecule has 0 aliphatic heterocycles. The Morgan fingerprint density at radius 2 is 0.583 bits per heavy atom. The second kappa shape index (κ2) is 32.4. The van der Waals surface area contributed by atoms with E-state index in [1.54, 1.807) is 24.3 Å². The van der Waals surface area contributed by atoms with Gasteiger partial charge in [0, 0.05) is 0 Å². The largest absolute Gasteiger partial charge is 0.462 e. The van der Waals surface area contributed by atoms with Crippen LogP contribution in [-0.2, 0) is 9.47 Å². The van der Waals surface area contributed by atoms with Gasteiger partial charge in [-0.1, -0.05) is 195 Å². The maximum absolute atomic E-state index is 12.4. The number of esters is 2. The van der Waals surface area contributed by atoms with Gasteiger partial charge in [0.2, 0.25) is 0 Å². The Morgan fingerprint density at radius 1 is 0.375 bits per heavy atom. The Bertz CT molecular complexity index is 788. The molecule has 0 unspecified atom stereocenters. The number of ether oxygens (including phenoxy) is 2. The van der Waals surface area contributed by atoms with Gasteiger partial charge in [-0.3, -0.25) is 0 Å². The standard InChI is InChI=1S/C44H78O4/c1-39(2)31-27-23-19-15-11-7-5-9-13-17-21-25-29-37-47-43(45)41-33-35-42(36-34-41)44(46)48-38-30-26-22-18-14-10-6-8-12-16-20-24-28-32-40(3)4/h33-36,39-40H,5-32,37-38H2,1-4H3.